The molecule has 0 atom stereocenters. The van der Waals surface area contributed by atoms with E-state index in [-0.39, 0.29) is 0 Å². The monoisotopic (exact) mass is 278 g/mol. The summed E-state index contributed by atoms with van der Waals surface area (Å²) in [5, 5.41) is 8.71. The molecule has 0 spiro atoms. The molecule has 8 nitrogen and oxygen atoms in total. The summed E-state index contributed by atoms with van der Waals surface area (Å²) in [6, 6.07) is 2.13. The van der Waals surface area contributed by atoms with E-state index in [0.717, 1.165) is 13.1 Å². The highest BCUT2D eigenvalue weighted by Crippen LogP contribution is 2.16. The van der Waals surface area contributed by atoms with Crippen molar-refractivity contribution >= 4 is 17.8 Å². The Kier molecular flexibility index (Phi) is 6.46. The van der Waals surface area contributed by atoms with Gasteiger partial charge in [-0.2, -0.15) is 20.2 Å². The van der Waals surface area contributed by atoms with E-state index in [9.17, 15) is 0 Å². The van der Waals surface area contributed by atoms with E-state index >= 15 is 0 Å². The smallest absolute Gasteiger partial charge is 0.243 e. The number of nitrogens with one attached hydrogen (secondary N) is 1. The normalized spacial score (nSPS) is 9.95. The van der Waals surface area contributed by atoms with Gasteiger partial charge in [0.05, 0.1) is 12.5 Å². The average molecular weight is 278 g/mol. The van der Waals surface area contributed by atoms with Crippen molar-refractivity contribution in [1.29, 1.82) is 5.26 Å². The van der Waals surface area contributed by atoms with Crippen LogP contribution in [0.3, 0.4) is 0 Å². The zero-order valence-corrected chi connectivity index (χ0v) is 12.3. The number of aromatic nitrogens is 3. The summed E-state index contributed by atoms with van der Waals surface area (Å²) in [7, 11) is 0. The fourth-order valence-corrected chi connectivity index (χ4v) is 1.79. The highest BCUT2D eigenvalue weighted by atomic mass is 15.4. The second kappa shape index (κ2) is 8.12. The molecule has 0 saturated heterocycles. The zero-order chi connectivity index (χ0) is 15.0. The van der Waals surface area contributed by atoms with Crippen LogP contribution in [-0.2, 0) is 0 Å². The minimum Gasteiger partial charge on any atom is -0.341 e. The number of hydrogen-bond donors (Lipinski definition) is 2. The lowest BCUT2D eigenvalue weighted by Gasteiger charge is -2.23. The van der Waals surface area contributed by atoms with Gasteiger partial charge in [0.1, 0.15) is 0 Å². The molecular formula is C12H22N8. The first-order valence-corrected chi connectivity index (χ1v) is 6.79. The first-order chi connectivity index (χ1) is 9.69. The highest BCUT2D eigenvalue weighted by molar-refractivity contribution is 5.44. The maximum Gasteiger partial charge on any atom is 0.243 e. The zero-order valence-electron chi connectivity index (χ0n) is 12.3. The summed E-state index contributed by atoms with van der Waals surface area (Å²) >= 11 is 0. The molecule has 0 saturated carbocycles. The molecule has 1 rings (SSSR count). The van der Waals surface area contributed by atoms with Crippen molar-refractivity contribution in [3.05, 3.63) is 0 Å². The Bertz CT molecular complexity index is 451. The Labute approximate surface area is 119 Å². The summed E-state index contributed by atoms with van der Waals surface area (Å²) in [5.74, 6) is 6.87. The van der Waals surface area contributed by atoms with E-state index in [4.69, 9.17) is 11.1 Å². The van der Waals surface area contributed by atoms with Crippen LogP contribution in [0.1, 0.15) is 27.2 Å². The van der Waals surface area contributed by atoms with E-state index in [2.05, 4.69) is 26.4 Å². The summed E-state index contributed by atoms with van der Waals surface area (Å²) < 4.78 is 0. The quantitative estimate of drug-likeness (QED) is 0.529. The van der Waals surface area contributed by atoms with Crippen LogP contribution in [0.15, 0.2) is 0 Å². The third-order valence-electron chi connectivity index (χ3n) is 2.95. The maximum absolute atomic E-state index is 8.71. The van der Waals surface area contributed by atoms with Crippen LogP contribution in [0.25, 0.3) is 0 Å². The summed E-state index contributed by atoms with van der Waals surface area (Å²) in [4.78, 5) is 16.9. The number of anilines is 3. The Balaban J connectivity index is 3.11. The largest absolute Gasteiger partial charge is 0.341 e. The van der Waals surface area contributed by atoms with Gasteiger partial charge >= 0.3 is 0 Å². The summed E-state index contributed by atoms with van der Waals surface area (Å²) in [6.07, 6.45) is 0.422. The van der Waals surface area contributed by atoms with Gasteiger partial charge in [0.2, 0.25) is 17.8 Å². The molecule has 0 amide bonds. The van der Waals surface area contributed by atoms with E-state index < -0.39 is 0 Å². The molecule has 0 radical (unpaired) electrons. The third-order valence-corrected chi connectivity index (χ3v) is 2.95. The standard InChI is InChI=1S/C12H22N8/c1-4-19(5-2)11-15-10(18-14)16-12(17-11)20(6-3)9-7-8-13/h4-7,9,14H2,1-3H3,(H,15,16,17,18). The SMILES string of the molecule is CCN(CC)c1nc(NN)nc(N(CC)CCC#N)n1. The fourth-order valence-electron chi connectivity index (χ4n) is 1.79. The van der Waals surface area contributed by atoms with Crippen LogP contribution in [-0.4, -0.2) is 41.1 Å². The predicted octanol–water partition coefficient (Wildman–Crippen LogP) is 0.743. The van der Waals surface area contributed by atoms with Gasteiger partial charge in [-0.15, -0.1) is 0 Å². The first kappa shape index (κ1) is 15.9. The molecule has 0 unspecified atom stereocenters. The Morgan fingerprint density at radius 2 is 1.60 bits per heavy atom. The molecular weight excluding hydrogens is 256 g/mol. The van der Waals surface area contributed by atoms with Crippen LogP contribution in [0.2, 0.25) is 0 Å². The molecule has 1 aromatic heterocycles. The minimum atomic E-state index is 0.326. The van der Waals surface area contributed by atoms with Crippen molar-refractivity contribution in [1.82, 2.24) is 15.0 Å². The van der Waals surface area contributed by atoms with E-state index in [1.807, 2.05) is 30.6 Å². The van der Waals surface area contributed by atoms with Crippen molar-refractivity contribution in [2.75, 3.05) is 41.4 Å². The fraction of sp³-hybridized carbons (Fsp3) is 0.667. The number of nitrogen functional groups attached to an aromatic ring is 1. The van der Waals surface area contributed by atoms with Crippen LogP contribution >= 0.6 is 0 Å². The summed E-state index contributed by atoms with van der Waals surface area (Å²) in [5.41, 5.74) is 2.47. The molecule has 1 aromatic rings. The average Bonchev–Trinajstić information content (AvgIpc) is 2.49. The number of hydrogen-bond acceptors (Lipinski definition) is 8. The lowest BCUT2D eigenvalue weighted by molar-refractivity contribution is 0.763. The van der Waals surface area contributed by atoms with Gasteiger partial charge < -0.3 is 9.80 Å². The molecule has 3 N–H and O–H groups in total. The number of nitrogens with zero attached hydrogens (tertiary/aromatic N) is 6. The predicted molar refractivity (Wildman–Crippen MR) is 79.3 cm³/mol. The Morgan fingerprint density at radius 1 is 1.05 bits per heavy atom. The summed E-state index contributed by atoms with van der Waals surface area (Å²) in [6.45, 7) is 8.97. The molecule has 20 heavy (non-hydrogen) atoms. The lowest BCUT2D eigenvalue weighted by Crippen LogP contribution is -2.30. The second-order valence-electron chi connectivity index (χ2n) is 4.06. The third kappa shape index (κ3) is 3.93. The molecule has 1 heterocycles. The van der Waals surface area contributed by atoms with Gasteiger partial charge in [-0.25, -0.2) is 5.84 Å². The van der Waals surface area contributed by atoms with Gasteiger partial charge in [-0.3, -0.25) is 5.43 Å². The van der Waals surface area contributed by atoms with E-state index in [1.165, 1.54) is 0 Å². The van der Waals surface area contributed by atoms with Crippen molar-refractivity contribution in [3.8, 4) is 6.07 Å². The molecule has 110 valence electrons. The van der Waals surface area contributed by atoms with Crippen molar-refractivity contribution in [3.63, 3.8) is 0 Å². The number of rotatable bonds is 8. The van der Waals surface area contributed by atoms with E-state index in [0.29, 0.717) is 37.4 Å². The molecule has 0 aliphatic carbocycles. The minimum absolute atomic E-state index is 0.326. The Hall–Kier alpha value is -2.14. The van der Waals surface area contributed by atoms with Gasteiger partial charge in [0.15, 0.2) is 0 Å². The molecule has 8 heteroatoms. The molecule has 0 aliphatic rings. The van der Waals surface area contributed by atoms with Crippen LogP contribution in [0.4, 0.5) is 17.8 Å². The van der Waals surface area contributed by atoms with Crippen LogP contribution < -0.4 is 21.1 Å². The molecule has 0 fully saturated rings. The molecule has 0 aliphatic heterocycles. The van der Waals surface area contributed by atoms with E-state index in [1.54, 1.807) is 0 Å². The Morgan fingerprint density at radius 3 is 2.05 bits per heavy atom. The van der Waals surface area contributed by atoms with Crippen molar-refractivity contribution < 1.29 is 0 Å². The van der Waals surface area contributed by atoms with Gasteiger partial charge in [0, 0.05) is 26.2 Å². The molecule has 0 aromatic carbocycles. The number of nitrogens with two attached hydrogens (primary N) is 1. The lowest BCUT2D eigenvalue weighted by atomic mass is 10.4. The topological polar surface area (TPSA) is 107 Å². The van der Waals surface area contributed by atoms with Crippen molar-refractivity contribution in [2.45, 2.75) is 27.2 Å². The second-order valence-corrected chi connectivity index (χ2v) is 4.06. The van der Waals surface area contributed by atoms with Crippen molar-refractivity contribution in [2.24, 2.45) is 5.84 Å². The number of hydrazine groups is 1. The maximum atomic E-state index is 8.71. The highest BCUT2D eigenvalue weighted by Gasteiger charge is 2.14. The van der Waals surface area contributed by atoms with Crippen LogP contribution in [0, 0.1) is 11.3 Å². The van der Waals surface area contributed by atoms with Gasteiger partial charge in [0.25, 0.3) is 0 Å². The van der Waals surface area contributed by atoms with Gasteiger partial charge in [-0.05, 0) is 20.8 Å². The first-order valence-electron chi connectivity index (χ1n) is 6.79. The number of nitriles is 1. The van der Waals surface area contributed by atoms with Crippen LogP contribution in [0.5, 0.6) is 0 Å². The van der Waals surface area contributed by atoms with Gasteiger partial charge in [-0.1, -0.05) is 0 Å². The molecule has 0 bridgehead atoms.